The van der Waals surface area contributed by atoms with Gasteiger partial charge in [-0.1, -0.05) is 6.92 Å². The number of nitro benzene ring substituents is 1. The number of piperidine rings is 1. The molecule has 0 spiro atoms. The van der Waals surface area contributed by atoms with E-state index in [-0.39, 0.29) is 16.5 Å². The Balaban J connectivity index is 2.48. The Labute approximate surface area is 136 Å². The molecule has 1 saturated heterocycles. The molecule has 2 N–H and O–H groups in total. The molecule has 1 aliphatic heterocycles. The summed E-state index contributed by atoms with van der Waals surface area (Å²) in [6, 6.07) is 2.73. The zero-order chi connectivity index (χ0) is 17.4. The molecule has 0 saturated carbocycles. The van der Waals surface area contributed by atoms with E-state index in [0.29, 0.717) is 37.5 Å². The summed E-state index contributed by atoms with van der Waals surface area (Å²) in [4.78, 5) is 10.4. The highest BCUT2D eigenvalue weighted by Crippen LogP contribution is 2.33. The van der Waals surface area contributed by atoms with Crippen LogP contribution in [0.4, 0.5) is 5.69 Å². The van der Waals surface area contributed by atoms with E-state index >= 15 is 0 Å². The Bertz CT molecular complexity index is 718. The second-order valence-corrected chi connectivity index (χ2v) is 8.19. The highest BCUT2D eigenvalue weighted by atomic mass is 32.2. The first kappa shape index (κ1) is 17.8. The van der Waals surface area contributed by atoms with Gasteiger partial charge in [-0.05, 0) is 55.8 Å². The first-order valence-electron chi connectivity index (χ1n) is 7.64. The molecule has 0 aromatic heterocycles. The van der Waals surface area contributed by atoms with Crippen LogP contribution in [-0.4, -0.2) is 37.3 Å². The van der Waals surface area contributed by atoms with Gasteiger partial charge in [-0.2, -0.15) is 4.31 Å². The highest BCUT2D eigenvalue weighted by Gasteiger charge is 2.36. The molecule has 8 heteroatoms. The van der Waals surface area contributed by atoms with E-state index in [4.69, 9.17) is 5.73 Å². The lowest BCUT2D eigenvalue weighted by Gasteiger charge is -2.35. The van der Waals surface area contributed by atoms with Gasteiger partial charge in [-0.3, -0.25) is 10.1 Å². The number of sulfonamides is 1. The number of hydrogen-bond acceptors (Lipinski definition) is 5. The van der Waals surface area contributed by atoms with Crippen molar-refractivity contribution in [2.24, 2.45) is 17.6 Å². The minimum absolute atomic E-state index is 0.0733. The summed E-state index contributed by atoms with van der Waals surface area (Å²) < 4.78 is 27.2. The third-order valence-corrected chi connectivity index (χ3v) is 6.66. The van der Waals surface area contributed by atoms with E-state index in [2.05, 4.69) is 6.92 Å². The molecule has 2 atom stereocenters. The molecule has 0 aliphatic carbocycles. The predicted molar refractivity (Wildman–Crippen MR) is 87.7 cm³/mol. The maximum atomic E-state index is 12.9. The van der Waals surface area contributed by atoms with Crippen LogP contribution in [0.1, 0.15) is 24.5 Å². The van der Waals surface area contributed by atoms with Crippen LogP contribution in [0.15, 0.2) is 17.0 Å². The molecule has 23 heavy (non-hydrogen) atoms. The van der Waals surface area contributed by atoms with Crippen molar-refractivity contribution in [2.45, 2.75) is 32.1 Å². The molecule has 0 radical (unpaired) electrons. The minimum Gasteiger partial charge on any atom is -0.330 e. The standard InChI is InChI=1S/C15H23N3O4S/c1-10-4-5-17(9-13(10)8-16)23(21,22)15-7-12(3)11(2)6-14(15)18(19)20/h6-7,10,13H,4-5,8-9,16H2,1-3H3. The van der Waals surface area contributed by atoms with Gasteiger partial charge in [0.1, 0.15) is 0 Å². The molecule has 1 aliphatic rings. The van der Waals surface area contributed by atoms with Crippen molar-refractivity contribution >= 4 is 15.7 Å². The molecule has 1 fully saturated rings. The van der Waals surface area contributed by atoms with Gasteiger partial charge in [0.2, 0.25) is 10.0 Å². The average molecular weight is 341 g/mol. The number of nitro groups is 1. The van der Waals surface area contributed by atoms with E-state index in [0.717, 1.165) is 5.56 Å². The lowest BCUT2D eigenvalue weighted by Crippen LogP contribution is -2.45. The van der Waals surface area contributed by atoms with Gasteiger partial charge in [0.25, 0.3) is 5.69 Å². The minimum atomic E-state index is -3.91. The van der Waals surface area contributed by atoms with Gasteiger partial charge in [0.15, 0.2) is 4.90 Å². The zero-order valence-corrected chi connectivity index (χ0v) is 14.5. The Morgan fingerprint density at radius 3 is 2.52 bits per heavy atom. The summed E-state index contributed by atoms with van der Waals surface area (Å²) in [5, 5.41) is 11.3. The van der Waals surface area contributed by atoms with Crippen molar-refractivity contribution in [3.05, 3.63) is 33.4 Å². The fraction of sp³-hybridized carbons (Fsp3) is 0.600. The zero-order valence-electron chi connectivity index (χ0n) is 13.7. The Morgan fingerprint density at radius 2 is 1.96 bits per heavy atom. The summed E-state index contributed by atoms with van der Waals surface area (Å²) in [7, 11) is -3.91. The average Bonchev–Trinajstić information content (AvgIpc) is 2.49. The van der Waals surface area contributed by atoms with Crippen LogP contribution in [-0.2, 0) is 10.0 Å². The number of nitrogens with zero attached hydrogens (tertiary/aromatic N) is 2. The van der Waals surface area contributed by atoms with Crippen LogP contribution in [0.5, 0.6) is 0 Å². The largest absolute Gasteiger partial charge is 0.330 e. The second-order valence-electron chi connectivity index (χ2n) is 6.29. The normalized spacial score (nSPS) is 23.0. The summed E-state index contributed by atoms with van der Waals surface area (Å²) in [5.41, 5.74) is 6.78. The smallest absolute Gasteiger partial charge is 0.289 e. The Morgan fingerprint density at radius 1 is 1.35 bits per heavy atom. The summed E-state index contributed by atoms with van der Waals surface area (Å²) in [6.07, 6.45) is 0.708. The molecule has 1 heterocycles. The topological polar surface area (TPSA) is 107 Å². The number of aryl methyl sites for hydroxylation is 2. The van der Waals surface area contributed by atoms with Gasteiger partial charge < -0.3 is 5.73 Å². The van der Waals surface area contributed by atoms with Crippen molar-refractivity contribution in [3.63, 3.8) is 0 Å². The van der Waals surface area contributed by atoms with Crippen LogP contribution in [0.2, 0.25) is 0 Å². The number of hydrogen-bond donors (Lipinski definition) is 1. The van der Waals surface area contributed by atoms with Crippen molar-refractivity contribution in [3.8, 4) is 0 Å². The quantitative estimate of drug-likeness (QED) is 0.664. The Hall–Kier alpha value is -1.51. The number of benzene rings is 1. The van der Waals surface area contributed by atoms with Crippen LogP contribution in [0, 0.1) is 35.8 Å². The third-order valence-electron chi connectivity index (χ3n) is 4.77. The maximum absolute atomic E-state index is 12.9. The molecular weight excluding hydrogens is 318 g/mol. The van der Waals surface area contributed by atoms with E-state index in [1.165, 1.54) is 16.4 Å². The van der Waals surface area contributed by atoms with Crippen molar-refractivity contribution < 1.29 is 13.3 Å². The van der Waals surface area contributed by atoms with Crippen LogP contribution >= 0.6 is 0 Å². The first-order valence-corrected chi connectivity index (χ1v) is 9.08. The molecule has 128 valence electrons. The maximum Gasteiger partial charge on any atom is 0.289 e. The molecule has 7 nitrogen and oxygen atoms in total. The fourth-order valence-electron chi connectivity index (χ4n) is 2.90. The van der Waals surface area contributed by atoms with Crippen LogP contribution in [0.25, 0.3) is 0 Å². The number of rotatable bonds is 4. The Kier molecular flexibility index (Phi) is 5.07. The fourth-order valence-corrected chi connectivity index (χ4v) is 4.64. The van der Waals surface area contributed by atoms with Crippen LogP contribution in [0.3, 0.4) is 0 Å². The highest BCUT2D eigenvalue weighted by molar-refractivity contribution is 7.89. The van der Waals surface area contributed by atoms with Crippen molar-refractivity contribution in [1.29, 1.82) is 0 Å². The predicted octanol–water partition coefficient (Wildman–Crippen LogP) is 1.82. The van der Waals surface area contributed by atoms with E-state index in [9.17, 15) is 18.5 Å². The van der Waals surface area contributed by atoms with E-state index < -0.39 is 14.9 Å². The molecular formula is C15H23N3O4S. The molecule has 0 amide bonds. The van der Waals surface area contributed by atoms with Crippen LogP contribution < -0.4 is 5.73 Å². The summed E-state index contributed by atoms with van der Waals surface area (Å²) in [5.74, 6) is 0.422. The molecule has 1 aromatic rings. The third kappa shape index (κ3) is 3.39. The summed E-state index contributed by atoms with van der Waals surface area (Å²) in [6.45, 7) is 6.61. The van der Waals surface area contributed by atoms with Gasteiger partial charge >= 0.3 is 0 Å². The monoisotopic (exact) mass is 341 g/mol. The SMILES string of the molecule is Cc1cc([N+](=O)[O-])c(S(=O)(=O)N2CCC(C)C(CN)C2)cc1C. The second kappa shape index (κ2) is 6.54. The molecule has 2 rings (SSSR count). The molecule has 0 bridgehead atoms. The summed E-state index contributed by atoms with van der Waals surface area (Å²) >= 11 is 0. The van der Waals surface area contributed by atoms with E-state index in [1.807, 2.05) is 0 Å². The number of nitrogens with two attached hydrogens (primary N) is 1. The van der Waals surface area contributed by atoms with Gasteiger partial charge in [-0.15, -0.1) is 0 Å². The van der Waals surface area contributed by atoms with Gasteiger partial charge in [0.05, 0.1) is 4.92 Å². The van der Waals surface area contributed by atoms with Crippen molar-refractivity contribution in [2.75, 3.05) is 19.6 Å². The van der Waals surface area contributed by atoms with Gasteiger partial charge in [-0.25, -0.2) is 8.42 Å². The van der Waals surface area contributed by atoms with E-state index in [1.54, 1.807) is 13.8 Å². The molecule has 2 unspecified atom stereocenters. The lowest BCUT2D eigenvalue weighted by atomic mass is 9.88. The lowest BCUT2D eigenvalue weighted by molar-refractivity contribution is -0.387. The molecule has 1 aromatic carbocycles. The first-order chi connectivity index (χ1) is 10.7. The van der Waals surface area contributed by atoms with Gasteiger partial charge in [0, 0.05) is 19.2 Å². The van der Waals surface area contributed by atoms with Crippen molar-refractivity contribution in [1.82, 2.24) is 4.31 Å².